The zero-order valence-electron chi connectivity index (χ0n) is 12.4. The Bertz CT molecular complexity index is 776. The highest BCUT2D eigenvalue weighted by Crippen LogP contribution is 2.26. The van der Waals surface area contributed by atoms with Crippen molar-refractivity contribution in [3.63, 3.8) is 0 Å². The van der Waals surface area contributed by atoms with Crippen LogP contribution in [-0.4, -0.2) is 23.8 Å². The summed E-state index contributed by atoms with van der Waals surface area (Å²) < 4.78 is 5.04. The predicted molar refractivity (Wildman–Crippen MR) is 90.8 cm³/mol. The first-order valence-corrected chi connectivity index (χ1v) is 7.35. The molecule has 0 atom stereocenters. The first-order chi connectivity index (χ1) is 10.9. The minimum Gasteiger partial charge on any atom is -0.504 e. The van der Waals surface area contributed by atoms with Crippen molar-refractivity contribution >= 4 is 34.8 Å². The molecule has 0 fully saturated rings. The molecule has 2 aromatic carbocycles. The van der Waals surface area contributed by atoms with Crippen molar-refractivity contribution in [1.82, 2.24) is 5.43 Å². The summed E-state index contributed by atoms with van der Waals surface area (Å²) in [5.74, 6) is -0.0955. The summed E-state index contributed by atoms with van der Waals surface area (Å²) in [6, 6.07) is 9.36. The van der Waals surface area contributed by atoms with Crippen LogP contribution in [0.4, 0.5) is 0 Å². The average Bonchev–Trinajstić information content (AvgIpc) is 2.52. The average molecular weight is 353 g/mol. The third-order valence-corrected chi connectivity index (χ3v) is 3.65. The fourth-order valence-corrected chi connectivity index (χ4v) is 2.33. The molecular formula is C16H14Cl2N2O3. The van der Waals surface area contributed by atoms with Crippen LogP contribution in [0.3, 0.4) is 0 Å². The Morgan fingerprint density at radius 1 is 1.22 bits per heavy atom. The summed E-state index contributed by atoms with van der Waals surface area (Å²) in [5.41, 5.74) is 3.94. The molecule has 1 amide bonds. The van der Waals surface area contributed by atoms with Crippen LogP contribution >= 0.6 is 23.2 Å². The molecular weight excluding hydrogens is 339 g/mol. The van der Waals surface area contributed by atoms with E-state index in [4.69, 9.17) is 27.9 Å². The van der Waals surface area contributed by atoms with Crippen LogP contribution in [0.1, 0.15) is 22.8 Å². The van der Waals surface area contributed by atoms with Gasteiger partial charge in [0, 0.05) is 10.6 Å². The summed E-state index contributed by atoms with van der Waals surface area (Å²) in [4.78, 5) is 12.1. The number of aromatic hydroxyl groups is 1. The minimum atomic E-state index is -0.447. The number of benzene rings is 2. The highest BCUT2D eigenvalue weighted by atomic mass is 35.5. The molecule has 120 valence electrons. The van der Waals surface area contributed by atoms with Crippen molar-refractivity contribution in [2.24, 2.45) is 5.10 Å². The molecule has 0 aliphatic carbocycles. The Hall–Kier alpha value is -2.24. The van der Waals surface area contributed by atoms with E-state index in [0.29, 0.717) is 22.0 Å². The summed E-state index contributed by atoms with van der Waals surface area (Å²) in [6.07, 6.45) is 0. The van der Waals surface area contributed by atoms with E-state index in [1.165, 1.54) is 25.3 Å². The molecule has 0 spiro atoms. The van der Waals surface area contributed by atoms with Gasteiger partial charge in [0.25, 0.3) is 5.91 Å². The number of phenolic OH excluding ortho intramolecular Hbond substituents is 1. The number of hydrogen-bond donors (Lipinski definition) is 2. The van der Waals surface area contributed by atoms with Gasteiger partial charge in [-0.25, -0.2) is 5.43 Å². The molecule has 7 heteroatoms. The van der Waals surface area contributed by atoms with Crippen LogP contribution in [0, 0.1) is 0 Å². The second-order valence-electron chi connectivity index (χ2n) is 4.65. The maximum absolute atomic E-state index is 12.1. The molecule has 2 N–H and O–H groups in total. The number of rotatable bonds is 4. The lowest BCUT2D eigenvalue weighted by atomic mass is 10.1. The summed E-state index contributed by atoms with van der Waals surface area (Å²) >= 11 is 11.8. The first-order valence-electron chi connectivity index (χ1n) is 6.59. The second-order valence-corrected chi connectivity index (χ2v) is 5.49. The smallest absolute Gasteiger partial charge is 0.272 e. The molecule has 0 unspecified atom stereocenters. The van der Waals surface area contributed by atoms with E-state index in [1.54, 1.807) is 25.1 Å². The van der Waals surface area contributed by atoms with Gasteiger partial charge < -0.3 is 9.84 Å². The number of nitrogens with zero attached hydrogens (tertiary/aromatic N) is 1. The topological polar surface area (TPSA) is 70.9 Å². The van der Waals surface area contributed by atoms with Gasteiger partial charge in [0.1, 0.15) is 0 Å². The zero-order chi connectivity index (χ0) is 17.0. The molecule has 2 rings (SSSR count). The van der Waals surface area contributed by atoms with E-state index in [-0.39, 0.29) is 16.3 Å². The molecule has 0 saturated heterocycles. The monoisotopic (exact) mass is 352 g/mol. The highest BCUT2D eigenvalue weighted by Gasteiger charge is 2.11. The molecule has 0 saturated carbocycles. The molecule has 2 aromatic rings. The number of amides is 1. The standard InChI is InChI=1S/C16H14Cl2N2O3/c1-9(10-3-6-14(21)15(7-10)23-2)19-20-16(22)12-5-4-11(17)8-13(12)18/h3-8,21H,1-2H3,(H,20,22)/b19-9+. The van der Waals surface area contributed by atoms with E-state index < -0.39 is 5.91 Å². The van der Waals surface area contributed by atoms with E-state index in [1.807, 2.05) is 0 Å². The Kier molecular flexibility index (Phi) is 5.47. The van der Waals surface area contributed by atoms with Gasteiger partial charge in [0.05, 0.1) is 23.4 Å². The lowest BCUT2D eigenvalue weighted by molar-refractivity contribution is 0.0955. The van der Waals surface area contributed by atoms with E-state index >= 15 is 0 Å². The van der Waals surface area contributed by atoms with Crippen LogP contribution in [0.5, 0.6) is 11.5 Å². The van der Waals surface area contributed by atoms with Gasteiger partial charge in [-0.3, -0.25) is 4.79 Å². The minimum absolute atomic E-state index is 0.0287. The first kappa shape index (κ1) is 17.1. The van der Waals surface area contributed by atoms with Gasteiger partial charge in [-0.05, 0) is 43.3 Å². The summed E-state index contributed by atoms with van der Waals surface area (Å²) in [5, 5.41) is 14.3. The van der Waals surface area contributed by atoms with Crippen molar-refractivity contribution < 1.29 is 14.6 Å². The molecule has 0 radical (unpaired) electrons. The number of carbonyl (C=O) groups is 1. The number of hydrogen-bond acceptors (Lipinski definition) is 4. The van der Waals surface area contributed by atoms with Crippen molar-refractivity contribution in [3.05, 3.63) is 57.6 Å². The van der Waals surface area contributed by atoms with Gasteiger partial charge in [-0.1, -0.05) is 23.2 Å². The quantitative estimate of drug-likeness (QED) is 0.648. The van der Waals surface area contributed by atoms with Crippen molar-refractivity contribution in [1.29, 1.82) is 0 Å². The molecule has 0 aromatic heterocycles. The van der Waals surface area contributed by atoms with Crippen LogP contribution in [0.25, 0.3) is 0 Å². The number of ether oxygens (including phenoxy) is 1. The Morgan fingerprint density at radius 3 is 2.61 bits per heavy atom. The molecule has 0 aliphatic heterocycles. The molecule has 5 nitrogen and oxygen atoms in total. The SMILES string of the molecule is COc1cc(/C(C)=N/NC(=O)c2ccc(Cl)cc2Cl)ccc1O. The number of hydrazone groups is 1. The number of methoxy groups -OCH3 is 1. The maximum Gasteiger partial charge on any atom is 0.272 e. The largest absolute Gasteiger partial charge is 0.504 e. The van der Waals surface area contributed by atoms with E-state index in [2.05, 4.69) is 10.5 Å². The fraction of sp³-hybridized carbons (Fsp3) is 0.125. The lowest BCUT2D eigenvalue weighted by Gasteiger charge is -2.07. The van der Waals surface area contributed by atoms with Gasteiger partial charge in [0.15, 0.2) is 11.5 Å². The van der Waals surface area contributed by atoms with Crippen LogP contribution in [-0.2, 0) is 0 Å². The normalized spacial score (nSPS) is 11.2. The molecule has 0 aliphatic rings. The van der Waals surface area contributed by atoms with Gasteiger partial charge in [-0.2, -0.15) is 5.10 Å². The predicted octanol–water partition coefficient (Wildman–Crippen LogP) is 3.86. The Balaban J connectivity index is 2.17. The highest BCUT2D eigenvalue weighted by molar-refractivity contribution is 6.36. The van der Waals surface area contributed by atoms with Gasteiger partial charge >= 0.3 is 0 Å². The Labute approximate surface area is 143 Å². The fourth-order valence-electron chi connectivity index (χ4n) is 1.84. The van der Waals surface area contributed by atoms with Crippen molar-refractivity contribution in [2.75, 3.05) is 7.11 Å². The van der Waals surface area contributed by atoms with E-state index in [0.717, 1.165) is 0 Å². The summed E-state index contributed by atoms with van der Waals surface area (Å²) in [7, 11) is 1.45. The second kappa shape index (κ2) is 7.35. The van der Waals surface area contributed by atoms with Crippen molar-refractivity contribution in [2.45, 2.75) is 6.92 Å². The third-order valence-electron chi connectivity index (χ3n) is 3.10. The molecule has 0 heterocycles. The van der Waals surface area contributed by atoms with Crippen LogP contribution in [0.2, 0.25) is 10.0 Å². The van der Waals surface area contributed by atoms with Crippen LogP contribution in [0.15, 0.2) is 41.5 Å². The third kappa shape index (κ3) is 4.15. The van der Waals surface area contributed by atoms with Crippen LogP contribution < -0.4 is 10.2 Å². The number of nitrogens with one attached hydrogen (secondary N) is 1. The molecule has 0 bridgehead atoms. The van der Waals surface area contributed by atoms with Crippen molar-refractivity contribution in [3.8, 4) is 11.5 Å². The number of carbonyl (C=O) groups excluding carboxylic acids is 1. The van der Waals surface area contributed by atoms with E-state index in [9.17, 15) is 9.90 Å². The molecule has 23 heavy (non-hydrogen) atoms. The Morgan fingerprint density at radius 2 is 1.96 bits per heavy atom. The number of phenols is 1. The van der Waals surface area contributed by atoms with Gasteiger partial charge in [0.2, 0.25) is 0 Å². The number of halogens is 2. The summed E-state index contributed by atoms with van der Waals surface area (Å²) in [6.45, 7) is 1.72. The van der Waals surface area contributed by atoms with Gasteiger partial charge in [-0.15, -0.1) is 0 Å². The lowest BCUT2D eigenvalue weighted by Crippen LogP contribution is -2.19. The maximum atomic E-state index is 12.1. The zero-order valence-corrected chi connectivity index (χ0v) is 13.9.